The van der Waals surface area contributed by atoms with Crippen molar-refractivity contribution in [3.8, 4) is 0 Å². The molecule has 0 bridgehead atoms. The third-order valence-corrected chi connectivity index (χ3v) is 8.04. The van der Waals surface area contributed by atoms with Crippen LogP contribution in [0.2, 0.25) is 0 Å². The largest absolute Gasteiger partial charge is 0.352 e. The first-order valence-electron chi connectivity index (χ1n) is 11.9. The van der Waals surface area contributed by atoms with E-state index in [1.165, 1.54) is 32.3 Å². The molecular formula is C24H37N3O4S. The minimum absolute atomic E-state index is 0.00798. The maximum absolute atomic E-state index is 13.2. The van der Waals surface area contributed by atoms with Gasteiger partial charge in [-0.1, -0.05) is 46.0 Å². The molecule has 1 fully saturated rings. The summed E-state index contributed by atoms with van der Waals surface area (Å²) < 4.78 is 29.0. The number of nitrogens with zero attached hydrogens (tertiary/aromatic N) is 1. The van der Waals surface area contributed by atoms with Crippen LogP contribution in [0.5, 0.6) is 0 Å². The van der Waals surface area contributed by atoms with Crippen LogP contribution in [0.4, 0.5) is 5.69 Å². The maximum atomic E-state index is 13.2. The number of anilines is 1. The van der Waals surface area contributed by atoms with Gasteiger partial charge in [-0.15, -0.1) is 0 Å². The van der Waals surface area contributed by atoms with Gasteiger partial charge in [0, 0.05) is 24.7 Å². The molecule has 0 radical (unpaired) electrons. The van der Waals surface area contributed by atoms with Crippen molar-refractivity contribution in [2.75, 3.05) is 4.90 Å². The van der Waals surface area contributed by atoms with E-state index < -0.39 is 16.1 Å². The number of carbonyl (C=O) groups excluding carboxylic acids is 2. The molecule has 1 aromatic rings. The van der Waals surface area contributed by atoms with E-state index in [2.05, 4.69) is 10.0 Å². The van der Waals surface area contributed by atoms with Crippen LogP contribution < -0.4 is 14.9 Å². The normalized spacial score (nSPS) is 21.0. The molecule has 0 spiro atoms. The van der Waals surface area contributed by atoms with E-state index in [1.54, 1.807) is 17.0 Å². The number of sulfonamides is 1. The highest BCUT2D eigenvalue weighted by atomic mass is 32.2. The average molecular weight is 464 g/mol. The number of hydrogen-bond donors (Lipinski definition) is 2. The molecule has 3 rings (SSSR count). The van der Waals surface area contributed by atoms with E-state index in [0.29, 0.717) is 6.42 Å². The van der Waals surface area contributed by atoms with E-state index in [0.717, 1.165) is 36.9 Å². The first-order chi connectivity index (χ1) is 15.1. The Labute approximate surface area is 192 Å². The zero-order chi connectivity index (χ0) is 23.5. The van der Waals surface area contributed by atoms with Crippen LogP contribution in [-0.4, -0.2) is 38.4 Å². The highest BCUT2D eigenvalue weighted by Gasteiger charge is 2.33. The fraction of sp³-hybridized carbons (Fsp3) is 0.667. The van der Waals surface area contributed by atoms with Crippen molar-refractivity contribution in [2.24, 2.45) is 5.92 Å². The maximum Gasteiger partial charge on any atom is 0.241 e. The molecular weight excluding hydrogens is 426 g/mol. The molecule has 1 saturated carbocycles. The molecule has 0 saturated heterocycles. The second kappa shape index (κ2) is 10.3. The zero-order valence-corrected chi connectivity index (χ0v) is 20.5. The van der Waals surface area contributed by atoms with Crippen LogP contribution in [-0.2, 0) is 26.0 Å². The summed E-state index contributed by atoms with van der Waals surface area (Å²) >= 11 is 0. The Balaban J connectivity index is 1.75. The Morgan fingerprint density at radius 2 is 1.69 bits per heavy atom. The average Bonchev–Trinajstić information content (AvgIpc) is 3.02. The van der Waals surface area contributed by atoms with Gasteiger partial charge in [-0.25, -0.2) is 8.42 Å². The van der Waals surface area contributed by atoms with Crippen LogP contribution in [0, 0.1) is 5.92 Å². The summed E-state index contributed by atoms with van der Waals surface area (Å²) in [5.74, 6) is -0.511. The first kappa shape index (κ1) is 24.7. The quantitative estimate of drug-likeness (QED) is 0.675. The molecule has 1 aliphatic carbocycles. The molecule has 178 valence electrons. The van der Waals surface area contributed by atoms with E-state index in [4.69, 9.17) is 0 Å². The summed E-state index contributed by atoms with van der Waals surface area (Å²) in [5, 5.41) is 3.10. The molecule has 2 aliphatic rings. The van der Waals surface area contributed by atoms with E-state index in [9.17, 15) is 18.0 Å². The summed E-state index contributed by atoms with van der Waals surface area (Å²) in [6.45, 7) is 7.15. The fourth-order valence-corrected chi connectivity index (χ4v) is 6.27. The minimum Gasteiger partial charge on any atom is -0.352 e. The van der Waals surface area contributed by atoms with Crippen LogP contribution >= 0.6 is 0 Å². The van der Waals surface area contributed by atoms with E-state index in [-0.39, 0.29) is 34.7 Å². The highest BCUT2D eigenvalue weighted by molar-refractivity contribution is 7.89. The summed E-state index contributed by atoms with van der Waals surface area (Å²) in [6.07, 6.45) is 8.29. The van der Waals surface area contributed by atoms with Gasteiger partial charge in [0.1, 0.15) is 6.04 Å². The lowest BCUT2D eigenvalue weighted by molar-refractivity contribution is -0.124. The molecule has 2 amide bonds. The van der Waals surface area contributed by atoms with Gasteiger partial charge in [0.2, 0.25) is 21.8 Å². The van der Waals surface area contributed by atoms with Gasteiger partial charge < -0.3 is 10.2 Å². The van der Waals surface area contributed by atoms with Crippen molar-refractivity contribution < 1.29 is 18.0 Å². The van der Waals surface area contributed by atoms with Crippen molar-refractivity contribution >= 4 is 27.5 Å². The Hall–Kier alpha value is -1.93. The number of amides is 2. The van der Waals surface area contributed by atoms with Gasteiger partial charge >= 0.3 is 0 Å². The molecule has 1 aliphatic heterocycles. The Kier molecular flexibility index (Phi) is 7.98. The Bertz CT molecular complexity index is 937. The second-order valence-corrected chi connectivity index (χ2v) is 11.3. The molecule has 0 aromatic heterocycles. The van der Waals surface area contributed by atoms with Crippen LogP contribution in [0.3, 0.4) is 0 Å². The topological polar surface area (TPSA) is 95.6 Å². The van der Waals surface area contributed by atoms with Crippen molar-refractivity contribution in [1.82, 2.24) is 10.0 Å². The Morgan fingerprint density at radius 3 is 2.28 bits per heavy atom. The second-order valence-electron chi connectivity index (χ2n) is 9.63. The van der Waals surface area contributed by atoms with Gasteiger partial charge in [0.25, 0.3) is 0 Å². The lowest BCUT2D eigenvalue weighted by atomic mass is 9.96. The lowest BCUT2D eigenvalue weighted by Gasteiger charge is -2.26. The van der Waals surface area contributed by atoms with Crippen LogP contribution in [0.15, 0.2) is 23.1 Å². The monoisotopic (exact) mass is 463 g/mol. The molecule has 7 nitrogen and oxygen atoms in total. The Morgan fingerprint density at radius 1 is 1.06 bits per heavy atom. The zero-order valence-electron chi connectivity index (χ0n) is 19.7. The van der Waals surface area contributed by atoms with Crippen molar-refractivity contribution in [2.45, 2.75) is 102 Å². The fourth-order valence-electron chi connectivity index (χ4n) is 4.87. The molecule has 0 unspecified atom stereocenters. The van der Waals surface area contributed by atoms with Gasteiger partial charge in [-0.05, 0) is 55.9 Å². The first-order valence-corrected chi connectivity index (χ1v) is 13.3. The standard InChI is InChI=1S/C24H37N3O4S/c1-16(2)23(24(29)25-20-10-8-6-5-7-9-11-20)26-32(30,31)21-12-13-22-19(15-21)14-17(3)27(22)18(4)28/h12-13,15-17,20,23,26H,5-11,14H2,1-4H3,(H,25,29)/t17-,23-/m0/s1. The molecule has 1 aromatic carbocycles. The van der Waals surface area contributed by atoms with Gasteiger partial charge in [0.05, 0.1) is 4.90 Å². The summed E-state index contributed by atoms with van der Waals surface area (Å²) in [7, 11) is -3.89. The van der Waals surface area contributed by atoms with Crippen molar-refractivity contribution in [3.63, 3.8) is 0 Å². The van der Waals surface area contributed by atoms with Gasteiger partial charge in [-0.2, -0.15) is 4.72 Å². The summed E-state index contributed by atoms with van der Waals surface area (Å²) in [5.41, 5.74) is 1.59. The highest BCUT2D eigenvalue weighted by Crippen LogP contribution is 2.34. The van der Waals surface area contributed by atoms with E-state index in [1.807, 2.05) is 20.8 Å². The molecule has 2 N–H and O–H groups in total. The lowest BCUT2D eigenvalue weighted by Crippen LogP contribution is -2.52. The number of benzene rings is 1. The molecule has 32 heavy (non-hydrogen) atoms. The number of hydrogen-bond acceptors (Lipinski definition) is 4. The smallest absolute Gasteiger partial charge is 0.241 e. The number of nitrogens with one attached hydrogen (secondary N) is 2. The number of carbonyl (C=O) groups is 2. The minimum atomic E-state index is -3.89. The predicted molar refractivity (Wildman–Crippen MR) is 126 cm³/mol. The van der Waals surface area contributed by atoms with Gasteiger partial charge in [0.15, 0.2) is 0 Å². The SMILES string of the molecule is CC(=O)N1c2ccc(S(=O)(=O)N[C@H](C(=O)NC3CCCCCCC3)C(C)C)cc2C[C@@H]1C. The predicted octanol–water partition coefficient (Wildman–Crippen LogP) is 3.52. The van der Waals surface area contributed by atoms with Crippen LogP contribution in [0.25, 0.3) is 0 Å². The molecule has 8 heteroatoms. The van der Waals surface area contributed by atoms with Gasteiger partial charge in [-0.3, -0.25) is 9.59 Å². The third-order valence-electron chi connectivity index (χ3n) is 6.60. The molecule has 1 heterocycles. The van der Waals surface area contributed by atoms with Crippen LogP contribution in [0.1, 0.15) is 78.2 Å². The third kappa shape index (κ3) is 5.70. The molecule has 2 atom stereocenters. The number of fused-ring (bicyclic) bond motifs is 1. The summed E-state index contributed by atoms with van der Waals surface area (Å²) in [6, 6.07) is 4.08. The van der Waals surface area contributed by atoms with Crippen molar-refractivity contribution in [1.29, 1.82) is 0 Å². The summed E-state index contributed by atoms with van der Waals surface area (Å²) in [4.78, 5) is 26.8. The van der Waals surface area contributed by atoms with Crippen molar-refractivity contribution in [3.05, 3.63) is 23.8 Å². The van der Waals surface area contributed by atoms with E-state index >= 15 is 0 Å². The number of rotatable bonds is 6.